The largest absolute Gasteiger partial charge is 0.510 e. The number of amides is 1. The highest BCUT2D eigenvalue weighted by molar-refractivity contribution is 5.90. The third kappa shape index (κ3) is 2.00. The summed E-state index contributed by atoms with van der Waals surface area (Å²) in [6.45, 7) is 0.723. The van der Waals surface area contributed by atoms with Crippen LogP contribution in [0.3, 0.4) is 0 Å². The third-order valence-electron chi connectivity index (χ3n) is 2.51. The number of methoxy groups -OCH3 is 1. The van der Waals surface area contributed by atoms with E-state index in [9.17, 15) is 9.90 Å². The van der Waals surface area contributed by atoms with Gasteiger partial charge in [-0.05, 0) is 6.07 Å². The molecule has 84 valence electrons. The molecule has 2 rings (SSSR count). The molecule has 0 radical (unpaired) electrons. The number of carbonyl (C=O) groups is 1. The summed E-state index contributed by atoms with van der Waals surface area (Å²) in [6, 6.07) is 7.53. The molecule has 1 N–H and O–H groups in total. The van der Waals surface area contributed by atoms with E-state index in [2.05, 4.69) is 0 Å². The number of aliphatic hydroxyl groups excluding tert-OH is 1. The average molecular weight is 219 g/mol. The number of benzene rings is 1. The van der Waals surface area contributed by atoms with Crippen LogP contribution in [-0.2, 0) is 11.3 Å². The van der Waals surface area contributed by atoms with Crippen molar-refractivity contribution in [1.82, 2.24) is 4.90 Å². The van der Waals surface area contributed by atoms with Crippen molar-refractivity contribution in [2.45, 2.75) is 6.54 Å². The molecule has 1 amide bonds. The minimum Gasteiger partial charge on any atom is -0.510 e. The quantitative estimate of drug-likeness (QED) is 0.837. The first kappa shape index (κ1) is 10.5. The third-order valence-corrected chi connectivity index (χ3v) is 2.51. The Kier molecular flexibility index (Phi) is 2.81. The number of aliphatic hydroxyl groups is 1. The number of ether oxygens (including phenoxy) is 1. The maximum Gasteiger partial charge on any atom is 0.250 e. The van der Waals surface area contributed by atoms with Crippen LogP contribution < -0.4 is 4.74 Å². The molecular weight excluding hydrogens is 206 g/mol. The summed E-state index contributed by atoms with van der Waals surface area (Å²) in [4.78, 5) is 13.0. The van der Waals surface area contributed by atoms with Crippen LogP contribution in [0.25, 0.3) is 0 Å². The maximum atomic E-state index is 11.4. The smallest absolute Gasteiger partial charge is 0.250 e. The van der Waals surface area contributed by atoms with E-state index >= 15 is 0 Å². The van der Waals surface area contributed by atoms with Crippen molar-refractivity contribution < 1.29 is 14.6 Å². The summed E-state index contributed by atoms with van der Waals surface area (Å²) in [5.41, 5.74) is 0.932. The molecule has 0 bridgehead atoms. The molecule has 0 saturated heterocycles. The van der Waals surface area contributed by atoms with Gasteiger partial charge in [0.25, 0.3) is 5.91 Å². The van der Waals surface area contributed by atoms with E-state index in [0.717, 1.165) is 11.3 Å². The maximum absolute atomic E-state index is 11.4. The first-order valence-electron chi connectivity index (χ1n) is 5.01. The predicted octanol–water partition coefficient (Wildman–Crippen LogP) is 1.48. The van der Waals surface area contributed by atoms with Gasteiger partial charge in [-0.25, -0.2) is 0 Å². The zero-order valence-corrected chi connectivity index (χ0v) is 9.01. The summed E-state index contributed by atoms with van der Waals surface area (Å²) in [5.74, 6) is 0.699. The van der Waals surface area contributed by atoms with Crippen LogP contribution in [-0.4, -0.2) is 29.6 Å². The highest BCUT2D eigenvalue weighted by Crippen LogP contribution is 2.21. The lowest BCUT2D eigenvalue weighted by atomic mass is 10.2. The summed E-state index contributed by atoms with van der Waals surface area (Å²) in [6.07, 6.45) is 1.25. The molecule has 1 aromatic rings. The molecule has 1 aromatic carbocycles. The first-order valence-corrected chi connectivity index (χ1v) is 5.01. The number of carbonyl (C=O) groups excluding carboxylic acids is 1. The van der Waals surface area contributed by atoms with Crippen molar-refractivity contribution >= 4 is 5.91 Å². The van der Waals surface area contributed by atoms with Crippen LogP contribution in [0.1, 0.15) is 5.56 Å². The van der Waals surface area contributed by atoms with Crippen molar-refractivity contribution in [1.29, 1.82) is 0 Å². The molecular formula is C12H13NO3. The number of para-hydroxylation sites is 1. The fourth-order valence-electron chi connectivity index (χ4n) is 1.73. The van der Waals surface area contributed by atoms with Gasteiger partial charge in [0.15, 0.2) is 0 Å². The second-order valence-electron chi connectivity index (χ2n) is 3.64. The van der Waals surface area contributed by atoms with E-state index in [1.165, 1.54) is 6.08 Å². The molecule has 4 heteroatoms. The fourth-order valence-corrected chi connectivity index (χ4v) is 1.73. The number of hydrogen-bond donors (Lipinski definition) is 1. The Morgan fingerprint density at radius 1 is 1.44 bits per heavy atom. The fraction of sp³-hybridized carbons (Fsp3) is 0.250. The van der Waals surface area contributed by atoms with Gasteiger partial charge < -0.3 is 14.7 Å². The lowest BCUT2D eigenvalue weighted by Crippen LogP contribution is -2.25. The molecule has 0 aliphatic carbocycles. The van der Waals surface area contributed by atoms with Crippen LogP contribution in [0.4, 0.5) is 0 Å². The Morgan fingerprint density at radius 3 is 2.81 bits per heavy atom. The Morgan fingerprint density at radius 2 is 2.19 bits per heavy atom. The Hall–Kier alpha value is -1.97. The van der Waals surface area contributed by atoms with Crippen LogP contribution in [0.2, 0.25) is 0 Å². The van der Waals surface area contributed by atoms with Gasteiger partial charge in [-0.1, -0.05) is 18.2 Å². The second-order valence-corrected chi connectivity index (χ2v) is 3.64. The summed E-state index contributed by atoms with van der Waals surface area (Å²) >= 11 is 0. The molecule has 1 aliphatic rings. The molecule has 0 aromatic heterocycles. The van der Waals surface area contributed by atoms with Gasteiger partial charge in [-0.3, -0.25) is 4.79 Å². The molecule has 1 heterocycles. The van der Waals surface area contributed by atoms with E-state index in [4.69, 9.17) is 4.74 Å². The van der Waals surface area contributed by atoms with Crippen molar-refractivity contribution in [3.8, 4) is 5.75 Å². The van der Waals surface area contributed by atoms with Crippen LogP contribution in [0.15, 0.2) is 36.1 Å². The molecule has 0 saturated carbocycles. The Balaban J connectivity index is 2.13. The zero-order chi connectivity index (χ0) is 11.5. The second kappa shape index (κ2) is 4.26. The lowest BCUT2D eigenvalue weighted by Gasteiger charge is -2.17. The molecule has 1 aliphatic heterocycles. The zero-order valence-electron chi connectivity index (χ0n) is 9.01. The van der Waals surface area contributed by atoms with Gasteiger partial charge in [0, 0.05) is 11.6 Å². The first-order chi connectivity index (χ1) is 7.70. The summed E-state index contributed by atoms with van der Waals surface area (Å²) < 4.78 is 5.20. The van der Waals surface area contributed by atoms with Gasteiger partial charge in [-0.2, -0.15) is 0 Å². The molecule has 0 atom stereocenters. The normalized spacial score (nSPS) is 15.2. The number of rotatable bonds is 3. The minimum atomic E-state index is -0.164. The van der Waals surface area contributed by atoms with Crippen molar-refractivity contribution in [2.75, 3.05) is 13.7 Å². The van der Waals surface area contributed by atoms with E-state index in [-0.39, 0.29) is 18.2 Å². The molecule has 16 heavy (non-hydrogen) atoms. The van der Waals surface area contributed by atoms with Crippen molar-refractivity contribution in [2.24, 2.45) is 0 Å². The van der Waals surface area contributed by atoms with Gasteiger partial charge in [0.05, 0.1) is 20.2 Å². The number of nitrogens with zero attached hydrogens (tertiary/aromatic N) is 1. The molecule has 0 fully saturated rings. The van der Waals surface area contributed by atoms with E-state index in [1.807, 2.05) is 24.3 Å². The van der Waals surface area contributed by atoms with Gasteiger partial charge in [0.1, 0.15) is 11.5 Å². The monoisotopic (exact) mass is 219 g/mol. The highest BCUT2D eigenvalue weighted by Gasteiger charge is 2.21. The Labute approximate surface area is 93.8 Å². The van der Waals surface area contributed by atoms with Gasteiger partial charge in [0.2, 0.25) is 0 Å². The average Bonchev–Trinajstić information content (AvgIpc) is 2.58. The number of hydrogen-bond acceptors (Lipinski definition) is 3. The summed E-state index contributed by atoms with van der Waals surface area (Å²) in [5, 5.41) is 9.24. The van der Waals surface area contributed by atoms with Gasteiger partial charge in [-0.15, -0.1) is 0 Å². The van der Waals surface area contributed by atoms with Crippen LogP contribution >= 0.6 is 0 Å². The molecule has 0 spiro atoms. The van der Waals surface area contributed by atoms with Gasteiger partial charge >= 0.3 is 0 Å². The highest BCUT2D eigenvalue weighted by atomic mass is 16.5. The van der Waals surface area contributed by atoms with Crippen molar-refractivity contribution in [3.05, 3.63) is 41.7 Å². The molecule has 0 unspecified atom stereocenters. The predicted molar refractivity (Wildman–Crippen MR) is 59.1 cm³/mol. The van der Waals surface area contributed by atoms with Crippen LogP contribution in [0.5, 0.6) is 5.75 Å². The molecule has 4 nitrogen and oxygen atoms in total. The summed E-state index contributed by atoms with van der Waals surface area (Å²) in [7, 11) is 1.60. The van der Waals surface area contributed by atoms with E-state index in [0.29, 0.717) is 6.54 Å². The minimum absolute atomic E-state index is 0.111. The lowest BCUT2D eigenvalue weighted by molar-refractivity contribution is -0.125. The van der Waals surface area contributed by atoms with Crippen LogP contribution in [0, 0.1) is 0 Å². The van der Waals surface area contributed by atoms with Crippen molar-refractivity contribution in [3.63, 3.8) is 0 Å². The van der Waals surface area contributed by atoms with E-state index < -0.39 is 0 Å². The van der Waals surface area contributed by atoms with E-state index in [1.54, 1.807) is 12.0 Å². The topological polar surface area (TPSA) is 49.8 Å². The SMILES string of the molecule is COc1ccccc1CN1CC(O)=CC1=O. The Bertz CT molecular complexity index is 440. The standard InChI is InChI=1S/C12H13NO3/c1-16-11-5-3-2-4-9(11)7-13-8-10(14)6-12(13)15/h2-6,14H,7-8H2,1H3.